The number of amides is 3. The lowest BCUT2D eigenvalue weighted by atomic mass is 9.77. The molecule has 0 bridgehead atoms. The number of ether oxygens (including phenoxy) is 1. The van der Waals surface area contributed by atoms with Gasteiger partial charge in [0.2, 0.25) is 11.8 Å². The van der Waals surface area contributed by atoms with Crippen LogP contribution in [0.4, 0.5) is 11.4 Å². The maximum absolute atomic E-state index is 14.5. The normalized spacial score (nSPS) is 30.3. The molecule has 3 amide bonds. The molecule has 4 aliphatic rings. The van der Waals surface area contributed by atoms with Crippen LogP contribution < -0.4 is 9.80 Å². The minimum atomic E-state index is -1.39. The summed E-state index contributed by atoms with van der Waals surface area (Å²) < 4.78 is 6.71. The van der Waals surface area contributed by atoms with Crippen molar-refractivity contribution in [2.75, 3.05) is 29.5 Å². The first-order valence-electron chi connectivity index (χ1n) is 13.7. The zero-order valence-corrected chi connectivity index (χ0v) is 23.1. The van der Waals surface area contributed by atoms with Gasteiger partial charge in [-0.3, -0.25) is 14.4 Å². The Morgan fingerprint density at radius 3 is 2.35 bits per heavy atom. The third-order valence-corrected chi connectivity index (χ3v) is 8.94. The molecular weight excluding hydrogens is 530 g/mol. The van der Waals surface area contributed by atoms with Crippen molar-refractivity contribution in [2.45, 2.75) is 37.6 Å². The molecule has 0 aliphatic carbocycles. The number of hydrogen-bond acceptors (Lipinski definition) is 5. The van der Waals surface area contributed by atoms with Crippen LogP contribution in [0.25, 0.3) is 0 Å². The molecule has 6 atom stereocenters. The van der Waals surface area contributed by atoms with Crippen LogP contribution in [0.3, 0.4) is 0 Å². The lowest BCUT2D eigenvalue weighted by Crippen LogP contribution is -2.59. The summed E-state index contributed by atoms with van der Waals surface area (Å²) in [6.07, 6.45) is 6.66. The van der Waals surface area contributed by atoms with E-state index in [2.05, 4.69) is 0 Å². The highest BCUT2D eigenvalue weighted by molar-refractivity contribution is 6.34. The van der Waals surface area contributed by atoms with Gasteiger partial charge < -0.3 is 24.5 Å². The number of likely N-dealkylation sites (tertiary alicyclic amines) is 1. The fraction of sp³-hybridized carbons (Fsp3) is 0.387. The van der Waals surface area contributed by atoms with Gasteiger partial charge >= 0.3 is 0 Å². The molecule has 1 N–H and O–H groups in total. The molecule has 2 aromatic rings. The van der Waals surface area contributed by atoms with Crippen molar-refractivity contribution in [2.24, 2.45) is 17.8 Å². The molecule has 0 aromatic heterocycles. The van der Waals surface area contributed by atoms with Crippen LogP contribution in [-0.4, -0.2) is 71.2 Å². The first kappa shape index (κ1) is 26.7. The van der Waals surface area contributed by atoms with Crippen LogP contribution in [0.1, 0.15) is 13.8 Å². The Balaban J connectivity index is 1.49. The van der Waals surface area contributed by atoms with E-state index in [9.17, 15) is 19.5 Å². The standard InChI is InChI=1S/C31H32ClN3O5/c1-19(2)23(18-36)35-27-30(39)34(22-13-7-6-12-21(22)32)17-9-15-31(27)26(29(35)38)25-24(40-31)14-8-16-33(28(25)37)20-10-4-3-5-11-20/h3-15,19,23-27,36H,16-18H2,1-2H3/t23-,24+,25-,26-,27?,31-/m0/s1. The Bertz CT molecular complexity index is 1390. The first-order valence-corrected chi connectivity index (χ1v) is 14.1. The Labute approximate surface area is 238 Å². The number of carbonyl (C=O) groups is 3. The topological polar surface area (TPSA) is 90.4 Å². The van der Waals surface area contributed by atoms with Gasteiger partial charge in [0.1, 0.15) is 11.6 Å². The van der Waals surface area contributed by atoms with Crippen LogP contribution in [0.5, 0.6) is 0 Å². The number of fused-ring (bicyclic) bond motifs is 2. The molecule has 1 spiro atoms. The van der Waals surface area contributed by atoms with Crippen molar-refractivity contribution in [3.63, 3.8) is 0 Å². The number of halogens is 1. The number of anilines is 2. The molecule has 8 nitrogen and oxygen atoms in total. The summed E-state index contributed by atoms with van der Waals surface area (Å²) in [5.41, 5.74) is -0.137. The van der Waals surface area contributed by atoms with E-state index in [1.54, 1.807) is 40.1 Å². The molecule has 40 heavy (non-hydrogen) atoms. The summed E-state index contributed by atoms with van der Waals surface area (Å²) in [6.45, 7) is 4.04. The van der Waals surface area contributed by atoms with Crippen molar-refractivity contribution in [3.05, 3.63) is 83.9 Å². The molecule has 9 heteroatoms. The average molecular weight is 562 g/mol. The first-order chi connectivity index (χ1) is 19.3. The summed E-state index contributed by atoms with van der Waals surface area (Å²) >= 11 is 6.52. The zero-order valence-electron chi connectivity index (χ0n) is 22.4. The van der Waals surface area contributed by atoms with Crippen LogP contribution in [-0.2, 0) is 19.1 Å². The van der Waals surface area contributed by atoms with Crippen molar-refractivity contribution in [1.29, 1.82) is 0 Å². The van der Waals surface area contributed by atoms with Gasteiger partial charge in [0, 0.05) is 18.8 Å². The number of nitrogens with zero attached hydrogens (tertiary/aromatic N) is 3. The van der Waals surface area contributed by atoms with Crippen molar-refractivity contribution in [1.82, 2.24) is 4.90 Å². The molecular formula is C31H32ClN3O5. The fourth-order valence-corrected chi connectivity index (χ4v) is 7.02. The summed E-state index contributed by atoms with van der Waals surface area (Å²) in [7, 11) is 0. The van der Waals surface area contributed by atoms with Crippen LogP contribution >= 0.6 is 11.6 Å². The molecule has 1 unspecified atom stereocenters. The SMILES string of the molecule is CC(C)[C@H](CO)N1C(=O)[C@@H]2[C@H]3C(=O)N(c4ccccc4)CC=C[C@H]3O[C@@]23C=CCN(c2ccccc2Cl)C(=O)C13. The third-order valence-electron chi connectivity index (χ3n) is 8.62. The summed E-state index contributed by atoms with van der Waals surface area (Å²) in [6, 6.07) is 14.7. The fourth-order valence-electron chi connectivity index (χ4n) is 6.78. The number of para-hydroxylation sites is 2. The minimum absolute atomic E-state index is 0.153. The van der Waals surface area contributed by atoms with Gasteiger partial charge in [-0.2, -0.15) is 0 Å². The monoisotopic (exact) mass is 561 g/mol. The number of rotatable bonds is 5. The maximum atomic E-state index is 14.5. The molecule has 2 fully saturated rings. The highest BCUT2D eigenvalue weighted by atomic mass is 35.5. The van der Waals surface area contributed by atoms with Gasteiger partial charge in [0.15, 0.2) is 0 Å². The van der Waals surface area contributed by atoms with E-state index in [0.717, 1.165) is 5.69 Å². The molecule has 4 heterocycles. The largest absolute Gasteiger partial charge is 0.394 e. The Hall–Kier alpha value is -3.46. The molecule has 4 aliphatic heterocycles. The number of hydrogen-bond donors (Lipinski definition) is 1. The minimum Gasteiger partial charge on any atom is -0.394 e. The highest BCUT2D eigenvalue weighted by Crippen LogP contribution is 2.54. The number of aliphatic hydroxyl groups is 1. The summed E-state index contributed by atoms with van der Waals surface area (Å²) in [5.74, 6) is -2.88. The Morgan fingerprint density at radius 1 is 0.950 bits per heavy atom. The van der Waals surface area contributed by atoms with E-state index in [1.807, 2.05) is 62.4 Å². The molecule has 0 radical (unpaired) electrons. The van der Waals surface area contributed by atoms with Gasteiger partial charge in [-0.05, 0) is 30.2 Å². The quantitative estimate of drug-likeness (QED) is 0.565. The second kappa shape index (κ2) is 10.2. The van der Waals surface area contributed by atoms with Gasteiger partial charge in [-0.1, -0.05) is 80.1 Å². The summed E-state index contributed by atoms with van der Waals surface area (Å²) in [4.78, 5) is 47.9. The maximum Gasteiger partial charge on any atom is 0.253 e. The van der Waals surface area contributed by atoms with Gasteiger partial charge in [0.25, 0.3) is 5.91 Å². The van der Waals surface area contributed by atoms with E-state index < -0.39 is 35.6 Å². The molecule has 6 rings (SSSR count). The lowest BCUT2D eigenvalue weighted by Gasteiger charge is -2.39. The van der Waals surface area contributed by atoms with Gasteiger partial charge in [-0.25, -0.2) is 0 Å². The lowest BCUT2D eigenvalue weighted by molar-refractivity contribution is -0.145. The predicted octanol–water partition coefficient (Wildman–Crippen LogP) is 3.44. The Morgan fingerprint density at radius 2 is 1.65 bits per heavy atom. The highest BCUT2D eigenvalue weighted by Gasteiger charge is 2.72. The molecule has 2 aromatic carbocycles. The number of benzene rings is 2. The summed E-state index contributed by atoms with van der Waals surface area (Å²) in [5, 5.41) is 10.9. The average Bonchev–Trinajstić information content (AvgIpc) is 3.25. The van der Waals surface area contributed by atoms with Crippen LogP contribution in [0.2, 0.25) is 5.02 Å². The zero-order chi connectivity index (χ0) is 28.2. The second-order valence-corrected chi connectivity index (χ2v) is 11.5. The van der Waals surface area contributed by atoms with Crippen LogP contribution in [0.15, 0.2) is 78.9 Å². The Kier molecular flexibility index (Phi) is 6.81. The molecule has 0 saturated carbocycles. The van der Waals surface area contributed by atoms with Crippen LogP contribution in [0, 0.1) is 17.8 Å². The van der Waals surface area contributed by atoms with E-state index in [-0.39, 0.29) is 36.8 Å². The van der Waals surface area contributed by atoms with E-state index in [4.69, 9.17) is 16.3 Å². The van der Waals surface area contributed by atoms with Gasteiger partial charge in [-0.15, -0.1) is 0 Å². The third kappa shape index (κ3) is 3.92. The van der Waals surface area contributed by atoms with Crippen molar-refractivity contribution >= 4 is 40.7 Å². The van der Waals surface area contributed by atoms with Crippen molar-refractivity contribution < 1.29 is 24.2 Å². The smallest absolute Gasteiger partial charge is 0.253 e. The molecule has 208 valence electrons. The van der Waals surface area contributed by atoms with E-state index >= 15 is 0 Å². The number of aliphatic hydroxyl groups excluding tert-OH is 1. The predicted molar refractivity (Wildman–Crippen MR) is 152 cm³/mol. The van der Waals surface area contributed by atoms with E-state index in [0.29, 0.717) is 17.3 Å². The number of carbonyl (C=O) groups excluding carboxylic acids is 3. The molecule has 2 saturated heterocycles. The second-order valence-electron chi connectivity index (χ2n) is 11.1. The van der Waals surface area contributed by atoms with E-state index in [1.165, 1.54) is 4.90 Å². The van der Waals surface area contributed by atoms with Gasteiger partial charge in [0.05, 0.1) is 41.3 Å². The van der Waals surface area contributed by atoms with Crippen molar-refractivity contribution in [3.8, 4) is 0 Å².